The van der Waals surface area contributed by atoms with Gasteiger partial charge in [0.25, 0.3) is 0 Å². The number of thiazole rings is 1. The molecule has 3 rings (SSSR count). The molecule has 8 heteroatoms. The van der Waals surface area contributed by atoms with Crippen molar-refractivity contribution in [3.63, 3.8) is 0 Å². The number of nitrogens with one attached hydrogen (secondary N) is 2. The molecule has 154 valence electrons. The van der Waals surface area contributed by atoms with E-state index < -0.39 is 0 Å². The second-order valence-corrected chi connectivity index (χ2v) is 7.78. The quantitative estimate of drug-likeness (QED) is 0.315. The van der Waals surface area contributed by atoms with Gasteiger partial charge in [0.2, 0.25) is 5.88 Å². The average Bonchev–Trinajstić information content (AvgIpc) is 3.32. The third kappa shape index (κ3) is 7.20. The number of aryl methyl sites for hydroxylation is 1. The van der Waals surface area contributed by atoms with Crippen molar-refractivity contribution >= 4 is 41.3 Å². The van der Waals surface area contributed by atoms with Crippen molar-refractivity contribution in [2.45, 2.75) is 58.6 Å². The van der Waals surface area contributed by atoms with Gasteiger partial charge in [0.05, 0.1) is 17.2 Å². The normalized spacial score (nSPS) is 14.6. The third-order valence-corrected chi connectivity index (χ3v) is 5.34. The molecule has 1 fully saturated rings. The van der Waals surface area contributed by atoms with Crippen LogP contribution < -0.4 is 15.4 Å². The molecule has 1 saturated carbocycles. The van der Waals surface area contributed by atoms with Crippen LogP contribution in [0, 0.1) is 6.92 Å². The molecule has 0 atom stereocenters. The predicted molar refractivity (Wildman–Crippen MR) is 126 cm³/mol. The first-order valence-electron chi connectivity index (χ1n) is 9.78. The van der Waals surface area contributed by atoms with Crippen molar-refractivity contribution in [1.82, 2.24) is 20.6 Å². The van der Waals surface area contributed by atoms with Crippen molar-refractivity contribution in [3.8, 4) is 5.88 Å². The Labute approximate surface area is 188 Å². The largest absolute Gasteiger partial charge is 0.474 e. The van der Waals surface area contributed by atoms with Crippen LogP contribution >= 0.6 is 35.3 Å². The van der Waals surface area contributed by atoms with Crippen LogP contribution in [0.2, 0.25) is 0 Å². The molecule has 0 unspecified atom stereocenters. The summed E-state index contributed by atoms with van der Waals surface area (Å²) in [6.07, 6.45) is 7.72. The van der Waals surface area contributed by atoms with Crippen molar-refractivity contribution in [3.05, 3.63) is 40.0 Å². The topological polar surface area (TPSA) is 71.4 Å². The van der Waals surface area contributed by atoms with Gasteiger partial charge in [0.15, 0.2) is 5.96 Å². The fourth-order valence-electron chi connectivity index (χ4n) is 3.15. The summed E-state index contributed by atoms with van der Waals surface area (Å²) in [5.41, 5.74) is 2.15. The molecule has 0 aromatic carbocycles. The van der Waals surface area contributed by atoms with Gasteiger partial charge in [-0.15, -0.1) is 35.3 Å². The number of aliphatic imine (C=N–C) groups is 1. The molecule has 6 nitrogen and oxygen atoms in total. The average molecular weight is 515 g/mol. The highest BCUT2D eigenvalue weighted by Gasteiger charge is 2.18. The van der Waals surface area contributed by atoms with Crippen LogP contribution in [0.25, 0.3) is 0 Å². The summed E-state index contributed by atoms with van der Waals surface area (Å²) in [7, 11) is 0. The van der Waals surface area contributed by atoms with E-state index in [2.05, 4.69) is 32.9 Å². The fourth-order valence-corrected chi connectivity index (χ4v) is 3.80. The second kappa shape index (κ2) is 12.2. The number of ether oxygens (including phenoxy) is 1. The molecule has 1 aliphatic carbocycles. The fraction of sp³-hybridized carbons (Fsp3) is 0.550. The molecule has 2 N–H and O–H groups in total. The van der Waals surface area contributed by atoms with Crippen LogP contribution in [-0.4, -0.2) is 35.1 Å². The van der Waals surface area contributed by atoms with E-state index in [9.17, 15) is 0 Å². The summed E-state index contributed by atoms with van der Waals surface area (Å²) in [6.45, 7) is 6.26. The van der Waals surface area contributed by atoms with E-state index in [0.717, 1.165) is 60.5 Å². The van der Waals surface area contributed by atoms with Crippen LogP contribution in [0.15, 0.2) is 28.7 Å². The standard InChI is InChI=1S/C20H29N5OS.HI/c1-3-21-20(23-12-10-17-14-27-15(2)25-17)24-13-16-7-6-11-22-19(16)26-18-8-4-5-9-18;/h6-7,11,14,18H,3-5,8-10,12-13H2,1-2H3,(H2,21,23,24);1H. The molecule has 0 saturated heterocycles. The molecule has 0 amide bonds. The Morgan fingerprint density at radius 1 is 1.32 bits per heavy atom. The second-order valence-electron chi connectivity index (χ2n) is 6.72. The molecule has 2 aromatic heterocycles. The third-order valence-electron chi connectivity index (χ3n) is 4.52. The number of pyridine rings is 1. The molecule has 0 aliphatic heterocycles. The minimum absolute atomic E-state index is 0. The Balaban J connectivity index is 0.00000280. The summed E-state index contributed by atoms with van der Waals surface area (Å²) in [6, 6.07) is 3.99. The number of aromatic nitrogens is 2. The zero-order valence-corrected chi connectivity index (χ0v) is 19.8. The molecule has 2 heterocycles. The van der Waals surface area contributed by atoms with Gasteiger partial charge in [-0.1, -0.05) is 6.07 Å². The summed E-state index contributed by atoms with van der Waals surface area (Å²) in [4.78, 5) is 13.6. The monoisotopic (exact) mass is 515 g/mol. The van der Waals surface area contributed by atoms with Crippen LogP contribution in [0.5, 0.6) is 5.88 Å². The minimum Gasteiger partial charge on any atom is -0.474 e. The molecule has 0 radical (unpaired) electrons. The lowest BCUT2D eigenvalue weighted by Gasteiger charge is -2.15. The van der Waals surface area contributed by atoms with Gasteiger partial charge in [-0.25, -0.2) is 15.0 Å². The van der Waals surface area contributed by atoms with Gasteiger partial charge in [-0.2, -0.15) is 0 Å². The summed E-state index contributed by atoms with van der Waals surface area (Å²) < 4.78 is 6.11. The van der Waals surface area contributed by atoms with Crippen LogP contribution in [0.4, 0.5) is 0 Å². The Hall–Kier alpha value is -1.42. The number of guanidine groups is 1. The number of halogens is 1. The van der Waals surface area contributed by atoms with E-state index >= 15 is 0 Å². The summed E-state index contributed by atoms with van der Waals surface area (Å²) in [5, 5.41) is 9.90. The predicted octanol–water partition coefficient (Wildman–Crippen LogP) is 4.08. The lowest BCUT2D eigenvalue weighted by atomic mass is 10.2. The molecule has 2 aromatic rings. The number of nitrogens with zero attached hydrogens (tertiary/aromatic N) is 3. The maximum Gasteiger partial charge on any atom is 0.218 e. The maximum atomic E-state index is 6.11. The van der Waals surface area contributed by atoms with E-state index in [1.165, 1.54) is 12.8 Å². The van der Waals surface area contributed by atoms with Crippen molar-refractivity contribution in [1.29, 1.82) is 0 Å². The van der Waals surface area contributed by atoms with Gasteiger partial charge in [-0.3, -0.25) is 0 Å². The smallest absolute Gasteiger partial charge is 0.218 e. The number of hydrogen-bond acceptors (Lipinski definition) is 5. The minimum atomic E-state index is 0. The first-order valence-corrected chi connectivity index (χ1v) is 10.7. The highest BCUT2D eigenvalue weighted by atomic mass is 127. The van der Waals surface area contributed by atoms with Crippen LogP contribution in [0.3, 0.4) is 0 Å². The van der Waals surface area contributed by atoms with Gasteiger partial charge in [-0.05, 0) is 45.6 Å². The highest BCUT2D eigenvalue weighted by Crippen LogP contribution is 2.25. The Morgan fingerprint density at radius 2 is 2.14 bits per heavy atom. The van der Waals surface area contributed by atoms with Crippen molar-refractivity contribution in [2.24, 2.45) is 4.99 Å². The maximum absolute atomic E-state index is 6.11. The van der Waals surface area contributed by atoms with Crippen molar-refractivity contribution in [2.75, 3.05) is 13.1 Å². The number of hydrogen-bond donors (Lipinski definition) is 2. The van der Waals surface area contributed by atoms with E-state index in [1.807, 2.05) is 19.1 Å². The lowest BCUT2D eigenvalue weighted by Crippen LogP contribution is -2.38. The SMILES string of the molecule is CCNC(=NCc1cccnc1OC1CCCC1)NCCc1csc(C)n1.I. The van der Waals surface area contributed by atoms with Gasteiger partial charge in [0.1, 0.15) is 6.10 Å². The molecule has 0 spiro atoms. The van der Waals surface area contributed by atoms with Gasteiger partial charge in [0, 0.05) is 36.7 Å². The van der Waals surface area contributed by atoms with Gasteiger partial charge < -0.3 is 15.4 Å². The van der Waals surface area contributed by atoms with Crippen molar-refractivity contribution < 1.29 is 4.74 Å². The van der Waals surface area contributed by atoms with Crippen LogP contribution in [-0.2, 0) is 13.0 Å². The molecule has 0 bridgehead atoms. The molecule has 1 aliphatic rings. The van der Waals surface area contributed by atoms with Crippen LogP contribution in [0.1, 0.15) is 48.9 Å². The Bertz CT molecular complexity index is 746. The zero-order chi connectivity index (χ0) is 18.9. The lowest BCUT2D eigenvalue weighted by molar-refractivity contribution is 0.199. The summed E-state index contributed by atoms with van der Waals surface area (Å²) in [5.74, 6) is 1.53. The Morgan fingerprint density at radius 3 is 2.86 bits per heavy atom. The molecular weight excluding hydrogens is 485 g/mol. The molecular formula is C20H30IN5OS. The number of rotatable bonds is 8. The van der Waals surface area contributed by atoms with Gasteiger partial charge >= 0.3 is 0 Å². The van der Waals surface area contributed by atoms with E-state index in [1.54, 1.807) is 17.5 Å². The van der Waals surface area contributed by atoms with E-state index in [-0.39, 0.29) is 24.0 Å². The van der Waals surface area contributed by atoms with E-state index in [0.29, 0.717) is 12.6 Å². The first kappa shape index (κ1) is 22.9. The highest BCUT2D eigenvalue weighted by molar-refractivity contribution is 14.0. The summed E-state index contributed by atoms with van der Waals surface area (Å²) >= 11 is 1.69. The zero-order valence-electron chi connectivity index (χ0n) is 16.6. The first-order chi connectivity index (χ1) is 13.2. The molecule has 28 heavy (non-hydrogen) atoms. The van der Waals surface area contributed by atoms with E-state index in [4.69, 9.17) is 9.73 Å². The Kier molecular flexibility index (Phi) is 9.97.